The first-order valence-corrected chi connectivity index (χ1v) is 6.40. The van der Waals surface area contributed by atoms with E-state index in [0.29, 0.717) is 24.8 Å². The molecule has 5 heteroatoms. The Labute approximate surface area is 109 Å². The summed E-state index contributed by atoms with van der Waals surface area (Å²) in [5, 5.41) is 11.5. The predicted molar refractivity (Wildman–Crippen MR) is 69.3 cm³/mol. The highest BCUT2D eigenvalue weighted by molar-refractivity contribution is 5.80. The Bertz CT molecular complexity index is 266. The van der Waals surface area contributed by atoms with Crippen molar-refractivity contribution in [3.63, 3.8) is 0 Å². The summed E-state index contributed by atoms with van der Waals surface area (Å²) in [6, 6.07) is 0. The fourth-order valence-corrected chi connectivity index (χ4v) is 1.75. The van der Waals surface area contributed by atoms with E-state index in [9.17, 15) is 9.59 Å². The third-order valence-electron chi connectivity index (χ3n) is 3.21. The normalized spacial score (nSPS) is 14.3. The molecule has 0 aromatic carbocycles. The Morgan fingerprint density at radius 1 is 1.22 bits per heavy atom. The molecule has 0 aromatic heterocycles. The van der Waals surface area contributed by atoms with Crippen LogP contribution in [0.2, 0.25) is 0 Å². The molecule has 18 heavy (non-hydrogen) atoms. The van der Waals surface area contributed by atoms with Gasteiger partial charge in [0.2, 0.25) is 5.91 Å². The van der Waals surface area contributed by atoms with E-state index in [4.69, 9.17) is 9.84 Å². The van der Waals surface area contributed by atoms with Gasteiger partial charge in [0.15, 0.2) is 0 Å². The van der Waals surface area contributed by atoms with Crippen molar-refractivity contribution in [2.45, 2.75) is 46.1 Å². The van der Waals surface area contributed by atoms with E-state index in [1.807, 2.05) is 0 Å². The molecule has 0 spiro atoms. The van der Waals surface area contributed by atoms with Crippen LogP contribution >= 0.6 is 0 Å². The van der Waals surface area contributed by atoms with Gasteiger partial charge in [0.05, 0.1) is 0 Å². The fraction of sp³-hybridized carbons (Fsp3) is 0.846. The summed E-state index contributed by atoms with van der Waals surface area (Å²) in [5.74, 6) is -0.156. The Balaban J connectivity index is 3.97. The number of amides is 1. The molecule has 2 atom stereocenters. The standard InChI is InChI=1S/C13H25NO4/c1-9(2)11(5-6-12(15)16)7-8-14-13(17)10(3)18-4/h9-11H,5-8H2,1-4H3,(H,14,17)(H,15,16). The zero-order valence-electron chi connectivity index (χ0n) is 11.7. The van der Waals surface area contributed by atoms with Crippen molar-refractivity contribution in [3.05, 3.63) is 0 Å². The third kappa shape index (κ3) is 7.27. The third-order valence-corrected chi connectivity index (χ3v) is 3.21. The fourth-order valence-electron chi connectivity index (χ4n) is 1.75. The average molecular weight is 259 g/mol. The van der Waals surface area contributed by atoms with Crippen LogP contribution in [0.1, 0.15) is 40.0 Å². The number of nitrogens with one attached hydrogen (secondary N) is 1. The summed E-state index contributed by atoms with van der Waals surface area (Å²) < 4.78 is 4.91. The van der Waals surface area contributed by atoms with E-state index >= 15 is 0 Å². The Kier molecular flexibility index (Phi) is 8.37. The molecule has 0 aliphatic rings. The first-order valence-electron chi connectivity index (χ1n) is 6.40. The van der Waals surface area contributed by atoms with Gasteiger partial charge in [0.25, 0.3) is 0 Å². The molecule has 0 aliphatic carbocycles. The van der Waals surface area contributed by atoms with Crippen molar-refractivity contribution in [1.82, 2.24) is 5.32 Å². The Morgan fingerprint density at radius 2 is 1.83 bits per heavy atom. The van der Waals surface area contributed by atoms with E-state index < -0.39 is 12.1 Å². The van der Waals surface area contributed by atoms with Gasteiger partial charge >= 0.3 is 5.97 Å². The monoisotopic (exact) mass is 259 g/mol. The molecule has 0 saturated carbocycles. The second kappa shape index (κ2) is 8.91. The topological polar surface area (TPSA) is 75.6 Å². The molecule has 1 amide bonds. The highest BCUT2D eigenvalue weighted by atomic mass is 16.5. The van der Waals surface area contributed by atoms with Crippen LogP contribution < -0.4 is 5.32 Å². The van der Waals surface area contributed by atoms with E-state index in [1.54, 1.807) is 6.92 Å². The molecule has 0 bridgehead atoms. The van der Waals surface area contributed by atoms with E-state index in [-0.39, 0.29) is 12.3 Å². The molecule has 0 heterocycles. The number of carboxylic acid groups (broad SMARTS) is 1. The maximum atomic E-state index is 11.5. The quantitative estimate of drug-likeness (QED) is 0.660. The average Bonchev–Trinajstić information content (AvgIpc) is 2.31. The maximum Gasteiger partial charge on any atom is 0.303 e. The number of hydrogen-bond donors (Lipinski definition) is 2. The maximum absolute atomic E-state index is 11.5. The van der Waals surface area contributed by atoms with Crippen LogP contribution in [0.5, 0.6) is 0 Å². The first-order chi connectivity index (χ1) is 8.38. The van der Waals surface area contributed by atoms with E-state index in [1.165, 1.54) is 7.11 Å². The van der Waals surface area contributed by atoms with Gasteiger partial charge in [-0.1, -0.05) is 13.8 Å². The molecule has 2 unspecified atom stereocenters. The minimum atomic E-state index is -0.766. The number of methoxy groups -OCH3 is 1. The summed E-state index contributed by atoms with van der Waals surface area (Å²) in [6.07, 6.45) is 1.20. The van der Waals surface area contributed by atoms with Crippen molar-refractivity contribution in [1.29, 1.82) is 0 Å². The van der Waals surface area contributed by atoms with Crippen molar-refractivity contribution in [3.8, 4) is 0 Å². The minimum absolute atomic E-state index is 0.127. The van der Waals surface area contributed by atoms with Crippen molar-refractivity contribution >= 4 is 11.9 Å². The van der Waals surface area contributed by atoms with Crippen LogP contribution in [0.15, 0.2) is 0 Å². The summed E-state index contributed by atoms with van der Waals surface area (Å²) >= 11 is 0. The molecular formula is C13H25NO4. The number of hydrogen-bond acceptors (Lipinski definition) is 3. The van der Waals surface area contributed by atoms with Gasteiger partial charge in [0, 0.05) is 20.1 Å². The highest BCUT2D eigenvalue weighted by Crippen LogP contribution is 2.20. The van der Waals surface area contributed by atoms with Gasteiger partial charge in [-0.2, -0.15) is 0 Å². The smallest absolute Gasteiger partial charge is 0.303 e. The lowest BCUT2D eigenvalue weighted by Crippen LogP contribution is -2.35. The molecule has 5 nitrogen and oxygen atoms in total. The summed E-state index contributed by atoms with van der Waals surface area (Å²) in [5.41, 5.74) is 0. The number of aliphatic carboxylic acids is 1. The molecule has 0 saturated heterocycles. The van der Waals surface area contributed by atoms with Gasteiger partial charge in [0.1, 0.15) is 6.10 Å². The van der Waals surface area contributed by atoms with Crippen molar-refractivity contribution in [2.75, 3.05) is 13.7 Å². The number of carbonyl (C=O) groups is 2. The van der Waals surface area contributed by atoms with Crippen LogP contribution in [-0.2, 0) is 14.3 Å². The molecule has 2 N–H and O–H groups in total. The molecule has 0 rings (SSSR count). The van der Waals surface area contributed by atoms with Crippen molar-refractivity contribution < 1.29 is 19.4 Å². The summed E-state index contributed by atoms with van der Waals surface area (Å²) in [4.78, 5) is 22.0. The number of ether oxygens (including phenoxy) is 1. The van der Waals surface area contributed by atoms with Gasteiger partial charge in [-0.3, -0.25) is 9.59 Å². The Morgan fingerprint density at radius 3 is 2.28 bits per heavy atom. The molecule has 0 fully saturated rings. The van der Waals surface area contributed by atoms with Crippen LogP contribution in [-0.4, -0.2) is 36.7 Å². The SMILES string of the molecule is COC(C)C(=O)NCCC(CCC(=O)O)C(C)C. The molecular weight excluding hydrogens is 234 g/mol. The lowest BCUT2D eigenvalue weighted by Gasteiger charge is -2.20. The summed E-state index contributed by atoms with van der Waals surface area (Å²) in [6.45, 7) is 6.41. The largest absolute Gasteiger partial charge is 0.481 e. The van der Waals surface area contributed by atoms with Gasteiger partial charge in [-0.05, 0) is 31.6 Å². The predicted octanol–water partition coefficient (Wildman–Crippen LogP) is 1.66. The highest BCUT2D eigenvalue weighted by Gasteiger charge is 2.16. The number of rotatable bonds is 9. The first kappa shape index (κ1) is 16.9. The van der Waals surface area contributed by atoms with Gasteiger partial charge in [-0.25, -0.2) is 0 Å². The second-order valence-corrected chi connectivity index (χ2v) is 4.89. The van der Waals surface area contributed by atoms with Gasteiger partial charge < -0.3 is 15.2 Å². The van der Waals surface area contributed by atoms with Crippen LogP contribution in [0.3, 0.4) is 0 Å². The van der Waals surface area contributed by atoms with Gasteiger partial charge in [-0.15, -0.1) is 0 Å². The molecule has 0 radical (unpaired) electrons. The molecule has 106 valence electrons. The van der Waals surface area contributed by atoms with Crippen LogP contribution in [0, 0.1) is 11.8 Å². The Hall–Kier alpha value is -1.10. The van der Waals surface area contributed by atoms with Crippen LogP contribution in [0.4, 0.5) is 0 Å². The number of carboxylic acids is 1. The molecule has 0 aliphatic heterocycles. The summed E-state index contributed by atoms with van der Waals surface area (Å²) in [7, 11) is 1.49. The number of carbonyl (C=O) groups excluding carboxylic acids is 1. The molecule has 0 aromatic rings. The van der Waals surface area contributed by atoms with E-state index in [0.717, 1.165) is 6.42 Å². The zero-order valence-corrected chi connectivity index (χ0v) is 11.7. The van der Waals surface area contributed by atoms with E-state index in [2.05, 4.69) is 19.2 Å². The lowest BCUT2D eigenvalue weighted by atomic mass is 9.88. The van der Waals surface area contributed by atoms with Crippen molar-refractivity contribution in [2.24, 2.45) is 11.8 Å². The minimum Gasteiger partial charge on any atom is -0.481 e. The zero-order chi connectivity index (χ0) is 14.1. The van der Waals surface area contributed by atoms with Crippen LogP contribution in [0.25, 0.3) is 0 Å². The second-order valence-electron chi connectivity index (χ2n) is 4.89. The lowest BCUT2D eigenvalue weighted by molar-refractivity contribution is -0.137.